The van der Waals surface area contributed by atoms with Crippen molar-refractivity contribution in [3.63, 3.8) is 0 Å². The van der Waals surface area contributed by atoms with Crippen LogP contribution >= 0.6 is 0 Å². The highest BCUT2D eigenvalue weighted by Gasteiger charge is 2.29. The lowest BCUT2D eigenvalue weighted by molar-refractivity contribution is -0.384. The molecule has 0 bridgehead atoms. The van der Waals surface area contributed by atoms with E-state index in [4.69, 9.17) is 5.10 Å². The summed E-state index contributed by atoms with van der Waals surface area (Å²) in [5, 5.41) is 17.7. The molecule has 26 heavy (non-hydrogen) atoms. The number of nitrogens with zero attached hydrogens (tertiary/aromatic N) is 3. The second-order valence-electron chi connectivity index (χ2n) is 6.16. The average molecular weight is 343 g/mol. The molecule has 0 amide bonds. The third kappa shape index (κ3) is 3.07. The number of anilines is 1. The maximum atomic E-state index is 10.9. The maximum absolute atomic E-state index is 10.9. The second-order valence-corrected chi connectivity index (χ2v) is 6.16. The van der Waals surface area contributed by atoms with Crippen LogP contribution in [0.5, 0.6) is 0 Å². The Hall–Kier alpha value is -3.47. The number of hydrogen-bond acceptors (Lipinski definition) is 4. The normalized spacial score (nSPS) is 16.4. The fraction of sp³-hybridized carbons (Fsp3) is 0.0952. The summed E-state index contributed by atoms with van der Waals surface area (Å²) in [6.07, 6.45) is 0.783. The Morgan fingerprint density at radius 3 is 2.12 bits per heavy atom. The zero-order valence-corrected chi connectivity index (χ0v) is 14.0. The van der Waals surface area contributed by atoms with E-state index in [0.717, 1.165) is 23.4 Å². The van der Waals surface area contributed by atoms with Crippen LogP contribution in [0.1, 0.15) is 23.6 Å². The first-order valence-corrected chi connectivity index (χ1v) is 8.44. The summed E-state index contributed by atoms with van der Waals surface area (Å²) in [4.78, 5) is 10.5. The van der Waals surface area contributed by atoms with Crippen LogP contribution in [0.25, 0.3) is 0 Å². The SMILES string of the molecule is O=[N+]([O-])c1ccc(N2N=C(c3ccccc3)C[C@H]2c2ccccc2)cc1. The maximum Gasteiger partial charge on any atom is 0.269 e. The molecule has 0 saturated carbocycles. The number of benzene rings is 3. The summed E-state index contributed by atoms with van der Waals surface area (Å²) in [5.41, 5.74) is 4.20. The molecule has 0 aliphatic carbocycles. The molecular formula is C21H17N3O2. The molecule has 3 aromatic rings. The molecule has 3 aromatic carbocycles. The first-order valence-electron chi connectivity index (χ1n) is 8.44. The van der Waals surface area contributed by atoms with E-state index in [-0.39, 0.29) is 16.7 Å². The van der Waals surface area contributed by atoms with E-state index in [9.17, 15) is 10.1 Å². The third-order valence-corrected chi connectivity index (χ3v) is 4.53. The van der Waals surface area contributed by atoms with Crippen LogP contribution < -0.4 is 5.01 Å². The molecule has 0 fully saturated rings. The Kier molecular flexibility index (Phi) is 4.19. The van der Waals surface area contributed by atoms with E-state index in [1.54, 1.807) is 12.1 Å². The molecule has 0 radical (unpaired) electrons. The fourth-order valence-electron chi connectivity index (χ4n) is 3.22. The predicted octanol–water partition coefficient (Wildman–Crippen LogP) is 4.95. The molecule has 128 valence electrons. The van der Waals surface area contributed by atoms with Crippen molar-refractivity contribution in [3.8, 4) is 0 Å². The lowest BCUT2D eigenvalue weighted by Crippen LogP contribution is -2.18. The van der Waals surface area contributed by atoms with Gasteiger partial charge in [-0.05, 0) is 23.3 Å². The standard InChI is InChI=1S/C21H17N3O2/c25-24(26)19-13-11-18(12-14-19)23-21(17-9-5-2-6-10-17)15-20(22-23)16-7-3-1-4-8-16/h1-14,21H,15H2/t21-/m0/s1. The van der Waals surface area contributed by atoms with Crippen LogP contribution in [0.4, 0.5) is 11.4 Å². The van der Waals surface area contributed by atoms with Crippen molar-refractivity contribution < 1.29 is 4.92 Å². The second kappa shape index (κ2) is 6.80. The van der Waals surface area contributed by atoms with E-state index < -0.39 is 0 Å². The molecule has 1 aliphatic heterocycles. The van der Waals surface area contributed by atoms with E-state index in [1.807, 2.05) is 41.4 Å². The van der Waals surface area contributed by atoms with Crippen LogP contribution in [0.15, 0.2) is 90.0 Å². The van der Waals surface area contributed by atoms with E-state index >= 15 is 0 Å². The number of hydrazone groups is 1. The van der Waals surface area contributed by atoms with Gasteiger partial charge < -0.3 is 0 Å². The van der Waals surface area contributed by atoms with Crippen molar-refractivity contribution in [2.75, 3.05) is 5.01 Å². The molecule has 5 nitrogen and oxygen atoms in total. The Morgan fingerprint density at radius 2 is 1.50 bits per heavy atom. The Labute approximate surface area is 151 Å². The van der Waals surface area contributed by atoms with Gasteiger partial charge in [0.05, 0.1) is 22.4 Å². The van der Waals surface area contributed by atoms with Gasteiger partial charge in [0.1, 0.15) is 0 Å². The highest BCUT2D eigenvalue weighted by molar-refractivity contribution is 6.03. The van der Waals surface area contributed by atoms with Crippen LogP contribution in [0, 0.1) is 10.1 Å². The minimum atomic E-state index is -0.388. The van der Waals surface area contributed by atoms with Crippen molar-refractivity contribution in [3.05, 3.63) is 106 Å². The van der Waals surface area contributed by atoms with Gasteiger partial charge in [0.15, 0.2) is 0 Å². The molecule has 1 atom stereocenters. The van der Waals surface area contributed by atoms with Crippen LogP contribution in [0.2, 0.25) is 0 Å². The topological polar surface area (TPSA) is 58.7 Å². The first-order chi connectivity index (χ1) is 12.7. The molecule has 0 N–H and O–H groups in total. The highest BCUT2D eigenvalue weighted by Crippen LogP contribution is 2.37. The predicted molar refractivity (Wildman–Crippen MR) is 102 cm³/mol. The Bertz CT molecular complexity index is 938. The van der Waals surface area contributed by atoms with Crippen LogP contribution in [-0.2, 0) is 0 Å². The van der Waals surface area contributed by atoms with Gasteiger partial charge in [0.25, 0.3) is 5.69 Å². The van der Waals surface area contributed by atoms with E-state index in [0.29, 0.717) is 0 Å². The van der Waals surface area contributed by atoms with Gasteiger partial charge >= 0.3 is 0 Å². The van der Waals surface area contributed by atoms with Crippen LogP contribution in [-0.4, -0.2) is 10.6 Å². The van der Waals surface area contributed by atoms with Gasteiger partial charge in [0.2, 0.25) is 0 Å². The zero-order chi connectivity index (χ0) is 17.9. The van der Waals surface area contributed by atoms with Gasteiger partial charge in [-0.3, -0.25) is 15.1 Å². The molecule has 0 unspecified atom stereocenters. The summed E-state index contributed by atoms with van der Waals surface area (Å²) in [7, 11) is 0. The summed E-state index contributed by atoms with van der Waals surface area (Å²) in [5.74, 6) is 0. The van der Waals surface area contributed by atoms with Crippen molar-refractivity contribution in [1.82, 2.24) is 0 Å². The first kappa shape index (κ1) is 16.0. The minimum Gasteiger partial charge on any atom is -0.258 e. The molecule has 0 aromatic heterocycles. The molecule has 0 saturated heterocycles. The number of nitro benzene ring substituents is 1. The van der Waals surface area contributed by atoms with Crippen molar-refractivity contribution >= 4 is 17.1 Å². The largest absolute Gasteiger partial charge is 0.269 e. The van der Waals surface area contributed by atoms with Gasteiger partial charge in [-0.2, -0.15) is 5.10 Å². The zero-order valence-electron chi connectivity index (χ0n) is 14.0. The molecule has 5 heteroatoms. The Balaban J connectivity index is 1.73. The molecule has 1 heterocycles. The van der Waals surface area contributed by atoms with Crippen molar-refractivity contribution in [2.24, 2.45) is 5.10 Å². The van der Waals surface area contributed by atoms with Gasteiger partial charge in [-0.1, -0.05) is 60.7 Å². The lowest BCUT2D eigenvalue weighted by atomic mass is 9.98. The molecular weight excluding hydrogens is 326 g/mol. The van der Waals surface area contributed by atoms with Gasteiger partial charge in [-0.15, -0.1) is 0 Å². The summed E-state index contributed by atoms with van der Waals surface area (Å²) < 4.78 is 0. The average Bonchev–Trinajstić information content (AvgIpc) is 3.15. The fourth-order valence-corrected chi connectivity index (χ4v) is 3.22. The van der Waals surface area contributed by atoms with Crippen molar-refractivity contribution in [1.29, 1.82) is 0 Å². The highest BCUT2D eigenvalue weighted by atomic mass is 16.6. The minimum absolute atomic E-state index is 0.0628. The summed E-state index contributed by atoms with van der Waals surface area (Å²) >= 11 is 0. The monoisotopic (exact) mass is 343 g/mol. The number of hydrogen-bond donors (Lipinski definition) is 0. The number of nitro groups is 1. The van der Waals surface area contributed by atoms with Crippen LogP contribution in [0.3, 0.4) is 0 Å². The number of rotatable bonds is 4. The number of non-ortho nitro benzene ring substituents is 1. The Morgan fingerprint density at radius 1 is 0.885 bits per heavy atom. The molecule has 4 rings (SSSR count). The molecule has 1 aliphatic rings. The lowest BCUT2D eigenvalue weighted by Gasteiger charge is -2.23. The summed E-state index contributed by atoms with van der Waals surface area (Å²) in [6.45, 7) is 0. The van der Waals surface area contributed by atoms with E-state index in [2.05, 4.69) is 24.3 Å². The van der Waals surface area contributed by atoms with Gasteiger partial charge in [0, 0.05) is 18.6 Å². The van der Waals surface area contributed by atoms with Crippen molar-refractivity contribution in [2.45, 2.75) is 12.5 Å². The summed E-state index contributed by atoms with van der Waals surface area (Å²) in [6, 6.07) is 26.9. The van der Waals surface area contributed by atoms with E-state index in [1.165, 1.54) is 17.7 Å². The van der Waals surface area contributed by atoms with Gasteiger partial charge in [-0.25, -0.2) is 0 Å². The smallest absolute Gasteiger partial charge is 0.258 e. The molecule has 0 spiro atoms. The quantitative estimate of drug-likeness (QED) is 0.497. The third-order valence-electron chi connectivity index (χ3n) is 4.53.